The Balaban J connectivity index is 2.34. The van der Waals surface area contributed by atoms with Gasteiger partial charge >= 0.3 is 0 Å². The quantitative estimate of drug-likeness (QED) is 0.911. The van der Waals surface area contributed by atoms with E-state index >= 15 is 0 Å². The summed E-state index contributed by atoms with van der Waals surface area (Å²) in [5, 5.41) is 3.08. The van der Waals surface area contributed by atoms with Gasteiger partial charge in [0.25, 0.3) is 5.91 Å². The minimum atomic E-state index is -0.0180. The zero-order chi connectivity index (χ0) is 13.8. The van der Waals surface area contributed by atoms with Gasteiger partial charge in [-0.15, -0.1) is 0 Å². The summed E-state index contributed by atoms with van der Waals surface area (Å²) in [5.74, 6) is -0.0180. The maximum Gasteiger partial charge on any atom is 0.260 e. The highest BCUT2D eigenvalue weighted by atomic mass is 16.2. The van der Waals surface area contributed by atoms with Crippen LogP contribution in [0.1, 0.15) is 15.9 Å². The molecule has 2 aromatic rings. The normalized spacial score (nSPS) is 10.1. The molecule has 0 spiro atoms. The molecule has 0 aliphatic carbocycles. The first kappa shape index (κ1) is 13.1. The predicted octanol–water partition coefficient (Wildman–Crippen LogP) is 3.31. The van der Waals surface area contributed by atoms with Crippen LogP contribution >= 0.6 is 0 Å². The van der Waals surface area contributed by atoms with E-state index < -0.39 is 0 Å². The maximum absolute atomic E-state index is 12.5. The SMILES string of the molecule is CNc1cc(C)ccc1C(=O)N(C)c1ccccc1. The number of amides is 1. The molecule has 2 rings (SSSR count). The first-order valence-corrected chi connectivity index (χ1v) is 6.25. The number of para-hydroxylation sites is 1. The summed E-state index contributed by atoms with van der Waals surface area (Å²) in [6.45, 7) is 2.01. The van der Waals surface area contributed by atoms with E-state index in [1.54, 1.807) is 11.9 Å². The molecule has 0 fully saturated rings. The number of nitrogens with one attached hydrogen (secondary N) is 1. The molecule has 1 amide bonds. The van der Waals surface area contributed by atoms with Crippen LogP contribution in [0.4, 0.5) is 11.4 Å². The van der Waals surface area contributed by atoms with Crippen molar-refractivity contribution in [3.8, 4) is 0 Å². The minimum Gasteiger partial charge on any atom is -0.387 e. The van der Waals surface area contributed by atoms with Gasteiger partial charge in [0.2, 0.25) is 0 Å². The fourth-order valence-electron chi connectivity index (χ4n) is 2.00. The number of benzene rings is 2. The maximum atomic E-state index is 12.5. The van der Waals surface area contributed by atoms with Crippen LogP contribution in [0.2, 0.25) is 0 Å². The van der Waals surface area contributed by atoms with Crippen molar-refractivity contribution in [2.75, 3.05) is 24.3 Å². The van der Waals surface area contributed by atoms with E-state index in [0.29, 0.717) is 5.56 Å². The van der Waals surface area contributed by atoms with Crippen LogP contribution in [0.3, 0.4) is 0 Å². The Hall–Kier alpha value is -2.29. The lowest BCUT2D eigenvalue weighted by atomic mass is 10.1. The predicted molar refractivity (Wildman–Crippen MR) is 79.9 cm³/mol. The molecule has 19 heavy (non-hydrogen) atoms. The standard InChI is InChI=1S/C16H18N2O/c1-12-9-10-14(15(11-12)17-2)16(19)18(3)13-7-5-4-6-8-13/h4-11,17H,1-3H3. The summed E-state index contributed by atoms with van der Waals surface area (Å²) < 4.78 is 0. The van der Waals surface area contributed by atoms with Crippen molar-refractivity contribution in [1.29, 1.82) is 0 Å². The van der Waals surface area contributed by atoms with E-state index in [1.165, 1.54) is 0 Å². The summed E-state index contributed by atoms with van der Waals surface area (Å²) in [4.78, 5) is 14.2. The van der Waals surface area contributed by atoms with Crippen LogP contribution < -0.4 is 10.2 Å². The Morgan fingerprint density at radius 1 is 1.11 bits per heavy atom. The zero-order valence-corrected chi connectivity index (χ0v) is 11.5. The molecule has 0 aromatic heterocycles. The number of carbonyl (C=O) groups is 1. The Morgan fingerprint density at radius 3 is 2.42 bits per heavy atom. The molecule has 0 unspecified atom stereocenters. The van der Waals surface area contributed by atoms with Crippen molar-refractivity contribution in [3.63, 3.8) is 0 Å². The number of aryl methyl sites for hydroxylation is 1. The average Bonchev–Trinajstić information content (AvgIpc) is 2.46. The van der Waals surface area contributed by atoms with E-state index in [0.717, 1.165) is 16.9 Å². The number of rotatable bonds is 3. The van der Waals surface area contributed by atoms with Crippen molar-refractivity contribution in [2.45, 2.75) is 6.92 Å². The van der Waals surface area contributed by atoms with E-state index in [9.17, 15) is 4.79 Å². The molecule has 2 aromatic carbocycles. The lowest BCUT2D eigenvalue weighted by molar-refractivity contribution is 0.0994. The van der Waals surface area contributed by atoms with E-state index in [1.807, 2.05) is 62.5 Å². The third-order valence-electron chi connectivity index (χ3n) is 3.12. The van der Waals surface area contributed by atoms with Gasteiger partial charge in [-0.3, -0.25) is 4.79 Å². The molecule has 0 heterocycles. The Labute approximate surface area is 113 Å². The fourth-order valence-corrected chi connectivity index (χ4v) is 2.00. The van der Waals surface area contributed by atoms with Gasteiger partial charge in [-0.1, -0.05) is 24.3 Å². The smallest absolute Gasteiger partial charge is 0.260 e. The van der Waals surface area contributed by atoms with Gasteiger partial charge in [0.05, 0.1) is 5.56 Å². The largest absolute Gasteiger partial charge is 0.387 e. The van der Waals surface area contributed by atoms with Gasteiger partial charge in [0.15, 0.2) is 0 Å². The first-order valence-electron chi connectivity index (χ1n) is 6.25. The molecule has 0 aliphatic heterocycles. The molecule has 0 atom stereocenters. The number of hydrogen-bond acceptors (Lipinski definition) is 2. The number of nitrogens with zero attached hydrogens (tertiary/aromatic N) is 1. The third-order valence-corrected chi connectivity index (χ3v) is 3.12. The summed E-state index contributed by atoms with van der Waals surface area (Å²) >= 11 is 0. The van der Waals surface area contributed by atoms with Gasteiger partial charge in [0.1, 0.15) is 0 Å². The Kier molecular flexibility index (Phi) is 3.85. The molecule has 0 saturated carbocycles. The highest BCUT2D eigenvalue weighted by Gasteiger charge is 2.16. The highest BCUT2D eigenvalue weighted by Crippen LogP contribution is 2.21. The van der Waals surface area contributed by atoms with Crippen LogP contribution in [0, 0.1) is 6.92 Å². The van der Waals surface area contributed by atoms with Gasteiger partial charge in [-0.2, -0.15) is 0 Å². The second-order valence-corrected chi connectivity index (χ2v) is 4.50. The van der Waals surface area contributed by atoms with Gasteiger partial charge in [-0.05, 0) is 36.8 Å². The third kappa shape index (κ3) is 2.76. The van der Waals surface area contributed by atoms with Crippen LogP contribution in [0.5, 0.6) is 0 Å². The van der Waals surface area contributed by atoms with Gasteiger partial charge in [-0.25, -0.2) is 0 Å². The average molecular weight is 254 g/mol. The topological polar surface area (TPSA) is 32.3 Å². The number of carbonyl (C=O) groups excluding carboxylic acids is 1. The van der Waals surface area contributed by atoms with Crippen molar-refractivity contribution < 1.29 is 4.79 Å². The van der Waals surface area contributed by atoms with Crippen molar-refractivity contribution in [3.05, 3.63) is 59.7 Å². The van der Waals surface area contributed by atoms with Crippen molar-refractivity contribution >= 4 is 17.3 Å². The fraction of sp³-hybridized carbons (Fsp3) is 0.188. The van der Waals surface area contributed by atoms with E-state index in [-0.39, 0.29) is 5.91 Å². The minimum absolute atomic E-state index is 0.0180. The van der Waals surface area contributed by atoms with Gasteiger partial charge < -0.3 is 10.2 Å². The summed E-state index contributed by atoms with van der Waals surface area (Å²) in [6.07, 6.45) is 0. The van der Waals surface area contributed by atoms with Gasteiger partial charge in [0, 0.05) is 25.5 Å². The van der Waals surface area contributed by atoms with Crippen molar-refractivity contribution in [1.82, 2.24) is 0 Å². The molecule has 0 bridgehead atoms. The lowest BCUT2D eigenvalue weighted by Gasteiger charge is -2.19. The van der Waals surface area contributed by atoms with Crippen LogP contribution in [-0.4, -0.2) is 20.0 Å². The van der Waals surface area contributed by atoms with Crippen LogP contribution in [-0.2, 0) is 0 Å². The molecule has 0 aliphatic rings. The second-order valence-electron chi connectivity index (χ2n) is 4.50. The van der Waals surface area contributed by atoms with E-state index in [4.69, 9.17) is 0 Å². The lowest BCUT2D eigenvalue weighted by Crippen LogP contribution is -2.26. The molecule has 1 N–H and O–H groups in total. The number of anilines is 2. The summed E-state index contributed by atoms with van der Waals surface area (Å²) in [7, 11) is 3.62. The molecule has 3 heteroatoms. The summed E-state index contributed by atoms with van der Waals surface area (Å²) in [6, 6.07) is 15.4. The summed E-state index contributed by atoms with van der Waals surface area (Å²) in [5.41, 5.74) is 3.55. The molecule has 3 nitrogen and oxygen atoms in total. The molecular formula is C16H18N2O. The highest BCUT2D eigenvalue weighted by molar-refractivity contribution is 6.09. The molecular weight excluding hydrogens is 236 g/mol. The van der Waals surface area contributed by atoms with Crippen molar-refractivity contribution in [2.24, 2.45) is 0 Å². The number of hydrogen-bond donors (Lipinski definition) is 1. The molecule has 0 radical (unpaired) electrons. The van der Waals surface area contributed by atoms with Crippen LogP contribution in [0.25, 0.3) is 0 Å². The first-order chi connectivity index (χ1) is 9.13. The van der Waals surface area contributed by atoms with Crippen LogP contribution in [0.15, 0.2) is 48.5 Å². The Morgan fingerprint density at radius 2 is 1.79 bits per heavy atom. The molecule has 0 saturated heterocycles. The molecule has 98 valence electrons. The zero-order valence-electron chi connectivity index (χ0n) is 11.5. The Bertz CT molecular complexity index is 579. The monoisotopic (exact) mass is 254 g/mol. The van der Waals surface area contributed by atoms with E-state index in [2.05, 4.69) is 5.32 Å². The second kappa shape index (κ2) is 5.57.